The standard InChI is InChI=1S/C13H23N5O2S/c1-11-14-8-6-13(17-11)10-16-21(19,20)18(2)9-3-7-15-12-4-5-12/h6,8,12,15-16H,3-5,7,9-10H2,1-2H3. The van der Waals surface area contributed by atoms with Gasteiger partial charge in [0.15, 0.2) is 0 Å². The lowest BCUT2D eigenvalue weighted by molar-refractivity contribution is 0.443. The largest absolute Gasteiger partial charge is 0.314 e. The first-order chi connectivity index (χ1) is 9.97. The molecule has 1 aromatic rings. The van der Waals surface area contributed by atoms with Crippen LogP contribution >= 0.6 is 0 Å². The van der Waals surface area contributed by atoms with Crippen LogP contribution in [0.2, 0.25) is 0 Å². The highest BCUT2D eigenvalue weighted by atomic mass is 32.2. The zero-order valence-electron chi connectivity index (χ0n) is 12.5. The molecule has 0 atom stereocenters. The van der Waals surface area contributed by atoms with E-state index in [2.05, 4.69) is 20.0 Å². The smallest absolute Gasteiger partial charge is 0.279 e. The number of rotatable bonds is 9. The van der Waals surface area contributed by atoms with Crippen molar-refractivity contribution in [2.75, 3.05) is 20.1 Å². The summed E-state index contributed by atoms with van der Waals surface area (Å²) >= 11 is 0. The topological polar surface area (TPSA) is 87.2 Å². The average Bonchev–Trinajstić information content (AvgIpc) is 3.25. The molecule has 0 aromatic carbocycles. The van der Waals surface area contributed by atoms with Gasteiger partial charge in [0.05, 0.1) is 12.2 Å². The molecule has 1 aliphatic rings. The Labute approximate surface area is 126 Å². The molecule has 0 unspecified atom stereocenters. The van der Waals surface area contributed by atoms with Crippen molar-refractivity contribution in [1.82, 2.24) is 24.3 Å². The average molecular weight is 313 g/mol. The molecular weight excluding hydrogens is 290 g/mol. The van der Waals surface area contributed by atoms with E-state index in [0.717, 1.165) is 13.0 Å². The molecule has 1 aliphatic carbocycles. The Kier molecular flexibility index (Phi) is 5.63. The van der Waals surface area contributed by atoms with Gasteiger partial charge in [-0.1, -0.05) is 0 Å². The second kappa shape index (κ2) is 7.26. The third-order valence-electron chi connectivity index (χ3n) is 3.34. The molecule has 0 bridgehead atoms. The van der Waals surface area contributed by atoms with Gasteiger partial charge in [-0.05, 0) is 38.8 Å². The number of aromatic nitrogens is 2. The fourth-order valence-electron chi connectivity index (χ4n) is 1.89. The van der Waals surface area contributed by atoms with Gasteiger partial charge in [0.25, 0.3) is 10.2 Å². The van der Waals surface area contributed by atoms with E-state index in [9.17, 15) is 8.42 Å². The number of hydrogen-bond acceptors (Lipinski definition) is 5. The Balaban J connectivity index is 1.73. The highest BCUT2D eigenvalue weighted by Gasteiger charge is 2.20. The first-order valence-electron chi connectivity index (χ1n) is 7.20. The molecule has 0 amide bonds. The zero-order chi connectivity index (χ0) is 15.3. The van der Waals surface area contributed by atoms with Gasteiger partial charge in [-0.2, -0.15) is 17.4 Å². The minimum absolute atomic E-state index is 0.177. The number of hydrogen-bond donors (Lipinski definition) is 2. The quantitative estimate of drug-likeness (QED) is 0.636. The maximum absolute atomic E-state index is 12.1. The molecule has 7 nitrogen and oxygen atoms in total. The highest BCUT2D eigenvalue weighted by molar-refractivity contribution is 7.87. The van der Waals surface area contributed by atoms with Gasteiger partial charge >= 0.3 is 0 Å². The monoisotopic (exact) mass is 313 g/mol. The van der Waals surface area contributed by atoms with Gasteiger partial charge in [-0.3, -0.25) is 0 Å². The van der Waals surface area contributed by atoms with Crippen LogP contribution in [0.4, 0.5) is 0 Å². The van der Waals surface area contributed by atoms with E-state index >= 15 is 0 Å². The molecule has 1 fully saturated rings. The van der Waals surface area contributed by atoms with Crippen molar-refractivity contribution < 1.29 is 8.42 Å². The maximum atomic E-state index is 12.1. The Morgan fingerprint density at radius 3 is 2.86 bits per heavy atom. The van der Waals surface area contributed by atoms with E-state index in [1.54, 1.807) is 26.2 Å². The van der Waals surface area contributed by atoms with E-state index in [1.807, 2.05) is 0 Å². The Morgan fingerprint density at radius 1 is 1.43 bits per heavy atom. The van der Waals surface area contributed by atoms with Crippen LogP contribution < -0.4 is 10.0 Å². The lowest BCUT2D eigenvalue weighted by Crippen LogP contribution is -2.39. The number of nitrogens with one attached hydrogen (secondary N) is 2. The van der Waals surface area contributed by atoms with Crippen molar-refractivity contribution in [2.24, 2.45) is 0 Å². The molecule has 2 N–H and O–H groups in total. The fourth-order valence-corrected chi connectivity index (χ4v) is 2.81. The van der Waals surface area contributed by atoms with E-state index in [1.165, 1.54) is 17.1 Å². The lowest BCUT2D eigenvalue weighted by atomic mass is 10.4. The normalized spacial score (nSPS) is 15.6. The van der Waals surface area contributed by atoms with Crippen molar-refractivity contribution in [3.05, 3.63) is 23.8 Å². The summed E-state index contributed by atoms with van der Waals surface area (Å²) in [6, 6.07) is 2.36. The summed E-state index contributed by atoms with van der Waals surface area (Å²) in [7, 11) is -1.87. The first kappa shape index (κ1) is 16.3. The van der Waals surface area contributed by atoms with Crippen molar-refractivity contribution in [3.8, 4) is 0 Å². The summed E-state index contributed by atoms with van der Waals surface area (Å²) in [4.78, 5) is 8.15. The molecule has 8 heteroatoms. The minimum atomic E-state index is -3.46. The van der Waals surface area contributed by atoms with Gasteiger partial charge in [0, 0.05) is 25.8 Å². The van der Waals surface area contributed by atoms with Crippen molar-refractivity contribution in [1.29, 1.82) is 0 Å². The Bertz CT molecular complexity index is 559. The van der Waals surface area contributed by atoms with Gasteiger partial charge < -0.3 is 5.32 Å². The number of aryl methyl sites for hydroxylation is 1. The van der Waals surface area contributed by atoms with E-state index < -0.39 is 10.2 Å². The molecule has 0 radical (unpaired) electrons. The van der Waals surface area contributed by atoms with Gasteiger partial charge in [-0.15, -0.1) is 0 Å². The van der Waals surface area contributed by atoms with Crippen LogP contribution in [-0.2, 0) is 16.8 Å². The summed E-state index contributed by atoms with van der Waals surface area (Å²) in [6.07, 6.45) is 4.92. The zero-order valence-corrected chi connectivity index (χ0v) is 13.4. The third-order valence-corrected chi connectivity index (χ3v) is 4.85. The number of nitrogens with zero attached hydrogens (tertiary/aromatic N) is 3. The summed E-state index contributed by atoms with van der Waals surface area (Å²) in [5, 5.41) is 3.37. The van der Waals surface area contributed by atoms with Crippen molar-refractivity contribution in [2.45, 2.75) is 38.8 Å². The van der Waals surface area contributed by atoms with Crippen LogP contribution in [0.1, 0.15) is 30.8 Å². The summed E-state index contributed by atoms with van der Waals surface area (Å²) in [5.41, 5.74) is 0.662. The van der Waals surface area contributed by atoms with Gasteiger partial charge in [0.1, 0.15) is 5.82 Å². The van der Waals surface area contributed by atoms with Crippen LogP contribution in [0.15, 0.2) is 12.3 Å². The van der Waals surface area contributed by atoms with E-state index in [4.69, 9.17) is 0 Å². The minimum Gasteiger partial charge on any atom is -0.314 e. The highest BCUT2D eigenvalue weighted by Crippen LogP contribution is 2.18. The van der Waals surface area contributed by atoms with Crippen LogP contribution in [-0.4, -0.2) is 48.9 Å². The van der Waals surface area contributed by atoms with Crippen molar-refractivity contribution in [3.63, 3.8) is 0 Å². The predicted octanol–water partition coefficient (Wildman–Crippen LogP) is 0.193. The third kappa shape index (κ3) is 5.66. The molecule has 0 saturated heterocycles. The van der Waals surface area contributed by atoms with Crippen molar-refractivity contribution >= 4 is 10.2 Å². The summed E-state index contributed by atoms with van der Waals surface area (Å²) in [5.74, 6) is 0.631. The molecule has 1 saturated carbocycles. The first-order valence-corrected chi connectivity index (χ1v) is 8.64. The fraction of sp³-hybridized carbons (Fsp3) is 0.692. The molecular formula is C13H23N5O2S. The summed E-state index contributed by atoms with van der Waals surface area (Å²) < 4.78 is 28.1. The summed E-state index contributed by atoms with van der Waals surface area (Å²) in [6.45, 7) is 3.31. The molecule has 21 heavy (non-hydrogen) atoms. The van der Waals surface area contributed by atoms with Gasteiger partial charge in [-0.25, -0.2) is 9.97 Å². The second-order valence-corrected chi connectivity index (χ2v) is 7.19. The predicted molar refractivity (Wildman–Crippen MR) is 80.8 cm³/mol. The molecule has 2 rings (SSSR count). The Morgan fingerprint density at radius 2 is 2.19 bits per heavy atom. The Hall–Kier alpha value is -1.09. The molecule has 118 valence electrons. The van der Waals surface area contributed by atoms with Gasteiger partial charge in [0.2, 0.25) is 0 Å². The molecule has 0 aliphatic heterocycles. The van der Waals surface area contributed by atoms with Crippen LogP contribution in [0.5, 0.6) is 0 Å². The lowest BCUT2D eigenvalue weighted by Gasteiger charge is -2.17. The second-order valence-electron chi connectivity index (χ2n) is 5.32. The molecule has 1 heterocycles. The maximum Gasteiger partial charge on any atom is 0.279 e. The molecule has 0 spiro atoms. The SMILES string of the molecule is Cc1nccc(CNS(=O)(=O)N(C)CCCNC2CC2)n1. The van der Waals surface area contributed by atoms with E-state index in [0.29, 0.717) is 24.1 Å². The van der Waals surface area contributed by atoms with Crippen LogP contribution in [0.3, 0.4) is 0 Å². The van der Waals surface area contributed by atoms with Crippen LogP contribution in [0, 0.1) is 6.92 Å². The van der Waals surface area contributed by atoms with Crippen LogP contribution in [0.25, 0.3) is 0 Å². The van der Waals surface area contributed by atoms with E-state index in [-0.39, 0.29) is 6.54 Å². The molecule has 1 aromatic heterocycles.